The van der Waals surface area contributed by atoms with E-state index >= 15 is 0 Å². The summed E-state index contributed by atoms with van der Waals surface area (Å²) in [7, 11) is 0. The number of rotatable bonds is 7. The zero-order valence-corrected chi connectivity index (χ0v) is 13.4. The van der Waals surface area contributed by atoms with Crippen LogP contribution in [0, 0.1) is 16.7 Å². The molecular weight excluding hydrogens is 230 g/mol. The van der Waals surface area contributed by atoms with E-state index in [9.17, 15) is 0 Å². The summed E-state index contributed by atoms with van der Waals surface area (Å²) < 4.78 is 0. The van der Waals surface area contributed by atoms with Gasteiger partial charge in [0.2, 0.25) is 0 Å². The fourth-order valence-corrected chi connectivity index (χ4v) is 1.92. The molecule has 0 amide bonds. The molecule has 0 aliphatic rings. The van der Waals surface area contributed by atoms with Crippen LogP contribution in [0.3, 0.4) is 0 Å². The lowest BCUT2D eigenvalue weighted by Crippen LogP contribution is -2.17. The molecule has 0 fully saturated rings. The average Bonchev–Trinajstić information content (AvgIpc) is 2.34. The molecule has 0 saturated heterocycles. The first-order valence-electron chi connectivity index (χ1n) is 6.89. The van der Waals surface area contributed by atoms with E-state index in [1.807, 2.05) is 0 Å². The van der Waals surface area contributed by atoms with Crippen LogP contribution in [0.1, 0.15) is 48.0 Å². The van der Waals surface area contributed by atoms with Crippen LogP contribution in [-0.2, 0) is 0 Å². The predicted molar refractivity (Wildman–Crippen MR) is 87.8 cm³/mol. The van der Waals surface area contributed by atoms with Gasteiger partial charge in [-0.2, -0.15) is 0 Å². The summed E-state index contributed by atoms with van der Waals surface area (Å²) in [5, 5.41) is 7.31. The van der Waals surface area contributed by atoms with Gasteiger partial charge in [0, 0.05) is 11.6 Å². The first-order chi connectivity index (χ1) is 8.66. The van der Waals surface area contributed by atoms with Crippen molar-refractivity contribution in [3.05, 3.63) is 47.6 Å². The summed E-state index contributed by atoms with van der Waals surface area (Å²) >= 11 is 0. The van der Waals surface area contributed by atoms with Gasteiger partial charge in [0.25, 0.3) is 0 Å². The largest absolute Gasteiger partial charge is 0.308 e. The van der Waals surface area contributed by atoms with E-state index in [0.29, 0.717) is 11.5 Å². The van der Waals surface area contributed by atoms with Gasteiger partial charge < -0.3 is 5.41 Å². The van der Waals surface area contributed by atoms with Crippen molar-refractivity contribution in [1.82, 2.24) is 0 Å². The summed E-state index contributed by atoms with van der Waals surface area (Å²) in [6, 6.07) is 0. The summed E-state index contributed by atoms with van der Waals surface area (Å²) in [5.74, 6) is 0.651. The molecule has 0 spiro atoms. The molecule has 0 aromatic heterocycles. The van der Waals surface area contributed by atoms with Crippen molar-refractivity contribution in [2.75, 3.05) is 0 Å². The van der Waals surface area contributed by atoms with Crippen molar-refractivity contribution in [3.8, 4) is 0 Å². The first kappa shape index (κ1) is 17.6. The maximum Gasteiger partial charge on any atom is 0.0247 e. The number of hydrogen-bond donors (Lipinski definition) is 1. The molecule has 19 heavy (non-hydrogen) atoms. The van der Waals surface area contributed by atoms with Crippen LogP contribution in [-0.4, -0.2) is 6.21 Å². The van der Waals surface area contributed by atoms with Crippen LogP contribution in [0.25, 0.3) is 0 Å². The second kappa shape index (κ2) is 7.28. The Morgan fingerprint density at radius 2 is 1.79 bits per heavy atom. The molecule has 0 heterocycles. The van der Waals surface area contributed by atoms with E-state index in [1.54, 1.807) is 0 Å². The molecule has 0 atom stereocenters. The van der Waals surface area contributed by atoms with Crippen LogP contribution in [0.15, 0.2) is 47.6 Å². The average molecular weight is 259 g/mol. The lowest BCUT2D eigenvalue weighted by atomic mass is 9.75. The Morgan fingerprint density at radius 3 is 2.16 bits per heavy atom. The zero-order valence-electron chi connectivity index (χ0n) is 13.4. The third-order valence-corrected chi connectivity index (χ3v) is 3.72. The smallest absolute Gasteiger partial charge is 0.0247 e. The maximum atomic E-state index is 7.31. The normalized spacial score (nSPS) is 13.6. The van der Waals surface area contributed by atoms with Gasteiger partial charge in [0.1, 0.15) is 0 Å². The molecule has 1 nitrogen and oxygen atoms in total. The van der Waals surface area contributed by atoms with Gasteiger partial charge in [-0.1, -0.05) is 64.2 Å². The molecule has 0 unspecified atom stereocenters. The van der Waals surface area contributed by atoms with Crippen LogP contribution in [0.5, 0.6) is 0 Å². The highest BCUT2D eigenvalue weighted by Gasteiger charge is 2.25. The van der Waals surface area contributed by atoms with E-state index in [2.05, 4.69) is 66.9 Å². The second-order valence-corrected chi connectivity index (χ2v) is 6.06. The van der Waals surface area contributed by atoms with Crippen LogP contribution in [0.4, 0.5) is 0 Å². The zero-order chi connectivity index (χ0) is 15.2. The third kappa shape index (κ3) is 5.02. The highest BCUT2D eigenvalue weighted by atomic mass is 14.4. The maximum absolute atomic E-state index is 7.31. The Labute approximate surface area is 119 Å². The Balaban J connectivity index is 5.26. The van der Waals surface area contributed by atoms with E-state index in [1.165, 1.54) is 17.4 Å². The van der Waals surface area contributed by atoms with Gasteiger partial charge in [-0.15, -0.1) is 0 Å². The molecule has 0 saturated carbocycles. The molecular formula is C18H29N. The summed E-state index contributed by atoms with van der Waals surface area (Å²) in [6.45, 7) is 20.9. The van der Waals surface area contributed by atoms with Crippen molar-refractivity contribution in [3.63, 3.8) is 0 Å². The molecule has 1 heteroatoms. The Morgan fingerprint density at radius 1 is 1.26 bits per heavy atom. The van der Waals surface area contributed by atoms with Crippen molar-refractivity contribution in [2.45, 2.75) is 48.0 Å². The molecule has 0 aliphatic heterocycles. The third-order valence-electron chi connectivity index (χ3n) is 3.72. The summed E-state index contributed by atoms with van der Waals surface area (Å²) in [4.78, 5) is 0. The first-order valence-corrected chi connectivity index (χ1v) is 6.89. The van der Waals surface area contributed by atoms with Gasteiger partial charge in [0.15, 0.2) is 0 Å². The monoisotopic (exact) mass is 259 g/mol. The van der Waals surface area contributed by atoms with Gasteiger partial charge in [-0.05, 0) is 37.3 Å². The fourth-order valence-electron chi connectivity index (χ4n) is 1.92. The van der Waals surface area contributed by atoms with Crippen LogP contribution in [0.2, 0.25) is 0 Å². The van der Waals surface area contributed by atoms with E-state index in [0.717, 1.165) is 12.0 Å². The van der Waals surface area contributed by atoms with Crippen LogP contribution < -0.4 is 0 Å². The molecule has 0 rings (SSSR count). The van der Waals surface area contributed by atoms with Crippen molar-refractivity contribution in [1.29, 1.82) is 5.41 Å². The lowest BCUT2D eigenvalue weighted by molar-refractivity contribution is 0.549. The SMILES string of the molecule is C=C(C=N)C(=C)C(C)(C)/C(C)=C/C(=C\C)CC(C)C. The highest BCUT2D eigenvalue weighted by Crippen LogP contribution is 2.37. The topological polar surface area (TPSA) is 23.9 Å². The van der Waals surface area contributed by atoms with Crippen LogP contribution >= 0.6 is 0 Å². The van der Waals surface area contributed by atoms with Gasteiger partial charge in [-0.3, -0.25) is 0 Å². The summed E-state index contributed by atoms with van der Waals surface area (Å²) in [5.41, 5.74) is 4.06. The number of allylic oxidation sites excluding steroid dienone is 6. The van der Waals surface area contributed by atoms with E-state index in [-0.39, 0.29) is 5.41 Å². The second-order valence-electron chi connectivity index (χ2n) is 6.06. The number of hydrogen-bond acceptors (Lipinski definition) is 1. The quantitative estimate of drug-likeness (QED) is 0.447. The van der Waals surface area contributed by atoms with Crippen molar-refractivity contribution in [2.24, 2.45) is 11.3 Å². The van der Waals surface area contributed by atoms with Gasteiger partial charge >= 0.3 is 0 Å². The van der Waals surface area contributed by atoms with Crippen molar-refractivity contribution < 1.29 is 0 Å². The van der Waals surface area contributed by atoms with E-state index < -0.39 is 0 Å². The van der Waals surface area contributed by atoms with Gasteiger partial charge in [-0.25, -0.2) is 0 Å². The molecule has 106 valence electrons. The minimum Gasteiger partial charge on any atom is -0.308 e. The minimum absolute atomic E-state index is 0.167. The molecule has 0 bridgehead atoms. The lowest BCUT2D eigenvalue weighted by Gasteiger charge is -2.29. The fraction of sp³-hybridized carbons (Fsp3) is 0.500. The standard InChI is InChI=1S/C18H29N/c1-9-17(10-13(2)3)11-15(5)18(7,8)16(6)14(4)12-19/h9,11-13,19H,4,6,10H2,1-3,5,7-8H3/b15-11+,17-9-,19-12?. The highest BCUT2D eigenvalue weighted by molar-refractivity contribution is 5.82. The Kier molecular flexibility index (Phi) is 6.75. The van der Waals surface area contributed by atoms with E-state index in [4.69, 9.17) is 5.41 Å². The molecule has 0 aromatic carbocycles. The Bertz CT molecular complexity index is 417. The predicted octanol–water partition coefficient (Wildman–Crippen LogP) is 5.71. The molecule has 0 aliphatic carbocycles. The molecule has 1 N–H and O–H groups in total. The summed E-state index contributed by atoms with van der Waals surface area (Å²) in [6.07, 6.45) is 6.79. The van der Waals surface area contributed by atoms with Gasteiger partial charge in [0.05, 0.1) is 0 Å². The van der Waals surface area contributed by atoms with Crippen molar-refractivity contribution >= 4 is 6.21 Å². The molecule has 0 radical (unpaired) electrons. The Hall–Kier alpha value is -1.37. The number of nitrogens with one attached hydrogen (secondary N) is 1. The minimum atomic E-state index is -0.167. The molecule has 0 aromatic rings.